The van der Waals surface area contributed by atoms with Gasteiger partial charge in [-0.15, -0.1) is 0 Å². The fourth-order valence-electron chi connectivity index (χ4n) is 11.2. The topological polar surface area (TPSA) is 12.4 Å². The van der Waals surface area contributed by atoms with E-state index in [0.717, 1.165) is 46.5 Å². The lowest BCUT2D eigenvalue weighted by Gasteiger charge is -2.34. The standard InChI is InChI=1S/C74H97N.C3H8/c1-16-20-24-26-48-74(49-27-25-21-17-2)69-50-63(42-44-67(69)68-45-43-64(51-70(68)74)73(13,14)15)54(8)31-33-56(10)66-47-46-65(55(9)32-30-53(7)52(5)6)58(12)72(66)75-71(62-40-36-60(37-41-62)29-23-19-4)57(11)61-38-34-59(35-39-61)28-22-18-3;1-3-2/h30-47,50-52H,11,16-29,48-49H2,1-10,12-15H3;3H2,1-2H3/b53-30+,54-31+,55-32+,56-33+,75-71?;. The van der Waals surface area contributed by atoms with Gasteiger partial charge in [-0.2, -0.15) is 0 Å². The normalized spacial score (nSPS) is 13.9. The molecule has 0 radical (unpaired) electrons. The highest BCUT2D eigenvalue weighted by atomic mass is 14.8. The summed E-state index contributed by atoms with van der Waals surface area (Å²) in [5, 5.41) is 0. The highest BCUT2D eigenvalue weighted by Crippen LogP contribution is 2.55. The molecule has 0 fully saturated rings. The first-order valence-corrected chi connectivity index (χ1v) is 31.0. The van der Waals surface area contributed by atoms with Gasteiger partial charge in [0.2, 0.25) is 0 Å². The van der Waals surface area contributed by atoms with Crippen molar-refractivity contribution in [3.63, 3.8) is 0 Å². The molecule has 0 unspecified atom stereocenters. The number of fused-ring (bicyclic) bond motifs is 3. The van der Waals surface area contributed by atoms with Crippen LogP contribution in [0, 0.1) is 12.8 Å². The molecule has 0 aromatic heterocycles. The molecule has 0 atom stereocenters. The van der Waals surface area contributed by atoms with E-state index < -0.39 is 0 Å². The molecule has 0 N–H and O–H groups in total. The minimum atomic E-state index is 0.0200. The summed E-state index contributed by atoms with van der Waals surface area (Å²) in [6.45, 7) is 41.2. The molecular weight excluding hydrogens is 939 g/mol. The van der Waals surface area contributed by atoms with Gasteiger partial charge in [0.1, 0.15) is 0 Å². The summed E-state index contributed by atoms with van der Waals surface area (Å²) in [5.74, 6) is 0.494. The molecule has 0 spiro atoms. The third-order valence-corrected chi connectivity index (χ3v) is 16.6. The minimum absolute atomic E-state index is 0.0200. The number of aliphatic imine (C=N–C) groups is 1. The molecule has 5 aromatic carbocycles. The zero-order chi connectivity index (χ0) is 57.0. The number of rotatable bonds is 26. The molecule has 418 valence electrons. The van der Waals surface area contributed by atoms with Crippen molar-refractivity contribution in [3.8, 4) is 11.1 Å². The Hall–Kier alpha value is -5.53. The Morgan fingerprint density at radius 2 is 0.987 bits per heavy atom. The summed E-state index contributed by atoms with van der Waals surface area (Å²) in [6, 6.07) is 37.8. The van der Waals surface area contributed by atoms with Gasteiger partial charge in [-0.3, -0.25) is 0 Å². The molecule has 0 saturated carbocycles. The van der Waals surface area contributed by atoms with Crippen molar-refractivity contribution >= 4 is 33.7 Å². The van der Waals surface area contributed by atoms with E-state index in [1.165, 1.54) is 163 Å². The van der Waals surface area contributed by atoms with Crippen molar-refractivity contribution in [1.82, 2.24) is 0 Å². The van der Waals surface area contributed by atoms with Gasteiger partial charge >= 0.3 is 0 Å². The number of hydrogen-bond acceptors (Lipinski definition) is 1. The lowest BCUT2D eigenvalue weighted by Crippen LogP contribution is -2.26. The largest absolute Gasteiger partial charge is 0.247 e. The minimum Gasteiger partial charge on any atom is -0.247 e. The Morgan fingerprint density at radius 3 is 1.51 bits per heavy atom. The predicted molar refractivity (Wildman–Crippen MR) is 351 cm³/mol. The molecule has 0 amide bonds. The van der Waals surface area contributed by atoms with Crippen LogP contribution in [0.25, 0.3) is 33.4 Å². The maximum Gasteiger partial charge on any atom is 0.0781 e. The Labute approximate surface area is 478 Å². The number of unbranched alkanes of at least 4 members (excludes halogenated alkanes) is 8. The van der Waals surface area contributed by atoms with Crippen molar-refractivity contribution in [2.45, 2.75) is 231 Å². The van der Waals surface area contributed by atoms with Crippen LogP contribution >= 0.6 is 0 Å². The highest BCUT2D eigenvalue weighted by Gasteiger charge is 2.43. The Morgan fingerprint density at radius 1 is 0.526 bits per heavy atom. The van der Waals surface area contributed by atoms with E-state index in [-0.39, 0.29) is 10.8 Å². The van der Waals surface area contributed by atoms with Gasteiger partial charge in [-0.1, -0.05) is 274 Å². The molecule has 5 aromatic rings. The van der Waals surface area contributed by atoms with Crippen LogP contribution in [-0.2, 0) is 23.7 Å². The first-order valence-electron chi connectivity index (χ1n) is 31.0. The summed E-state index contributed by atoms with van der Waals surface area (Å²) in [7, 11) is 0. The second kappa shape index (κ2) is 30.7. The van der Waals surface area contributed by atoms with Crippen LogP contribution in [0.2, 0.25) is 0 Å². The van der Waals surface area contributed by atoms with Crippen LogP contribution in [0.1, 0.15) is 261 Å². The summed E-state index contributed by atoms with van der Waals surface area (Å²) in [4.78, 5) is 5.82. The molecule has 6 rings (SSSR count). The van der Waals surface area contributed by atoms with Crippen molar-refractivity contribution < 1.29 is 0 Å². The Balaban J connectivity index is 0.00000365. The maximum atomic E-state index is 5.82. The van der Waals surface area contributed by atoms with Gasteiger partial charge in [0, 0.05) is 22.1 Å². The average Bonchev–Trinajstić information content (AvgIpc) is 3.92. The molecule has 0 aliphatic heterocycles. The number of benzene rings is 5. The number of nitrogens with zero attached hydrogens (tertiary/aromatic N) is 1. The fraction of sp³-hybridized carbons (Fsp3) is 0.468. The van der Waals surface area contributed by atoms with E-state index in [9.17, 15) is 0 Å². The van der Waals surface area contributed by atoms with Crippen molar-refractivity contribution in [3.05, 3.63) is 195 Å². The SMILES string of the molecule is C=C(C(=Nc1c(/C(C)=C/C=C(\C)c2ccc3c(c2)C(CCCCCC)(CCCCCC)c2cc(C(C)(C)C)ccc2-3)ccc(/C(C)=C/C=C(\C)C(C)C)c1C)c1ccc(CCCC)cc1)c1ccc(CCCC)cc1.CCC. The number of allylic oxidation sites excluding steroid dienone is 9. The molecule has 1 aliphatic carbocycles. The van der Waals surface area contributed by atoms with Gasteiger partial charge in [0.05, 0.1) is 11.4 Å². The van der Waals surface area contributed by atoms with Gasteiger partial charge < -0.3 is 0 Å². The second-order valence-corrected chi connectivity index (χ2v) is 24.5. The molecule has 1 nitrogen and oxygen atoms in total. The van der Waals surface area contributed by atoms with E-state index in [0.29, 0.717) is 5.92 Å². The van der Waals surface area contributed by atoms with Crippen molar-refractivity contribution in [2.75, 3.05) is 0 Å². The Bertz CT molecular complexity index is 2860. The van der Waals surface area contributed by atoms with E-state index in [1.54, 1.807) is 11.1 Å². The Kier molecular flexibility index (Phi) is 24.9. The fourth-order valence-corrected chi connectivity index (χ4v) is 11.2. The van der Waals surface area contributed by atoms with E-state index in [1.807, 2.05) is 0 Å². The zero-order valence-corrected chi connectivity index (χ0v) is 52.3. The number of aryl methyl sites for hydroxylation is 2. The lowest BCUT2D eigenvalue weighted by molar-refractivity contribution is 0.400. The summed E-state index contributed by atoms with van der Waals surface area (Å²) in [5.41, 5.74) is 25.3. The maximum absolute atomic E-state index is 5.82. The van der Waals surface area contributed by atoms with Gasteiger partial charge in [-0.05, 0) is 168 Å². The third kappa shape index (κ3) is 16.5. The molecule has 0 saturated heterocycles. The highest BCUT2D eigenvalue weighted by molar-refractivity contribution is 6.32. The quantitative estimate of drug-likeness (QED) is 0.0297. The van der Waals surface area contributed by atoms with E-state index in [2.05, 4.69) is 232 Å². The lowest BCUT2D eigenvalue weighted by atomic mass is 9.69. The van der Waals surface area contributed by atoms with Crippen LogP contribution in [0.5, 0.6) is 0 Å². The van der Waals surface area contributed by atoms with Crippen LogP contribution < -0.4 is 0 Å². The monoisotopic (exact) mass is 1040 g/mol. The third-order valence-electron chi connectivity index (χ3n) is 16.6. The molecule has 1 heteroatoms. The zero-order valence-electron chi connectivity index (χ0n) is 52.3. The van der Waals surface area contributed by atoms with Crippen molar-refractivity contribution in [1.29, 1.82) is 0 Å². The summed E-state index contributed by atoms with van der Waals surface area (Å²) in [6.07, 6.45) is 30.1. The first kappa shape index (κ1) is 63.3. The van der Waals surface area contributed by atoms with Crippen LogP contribution in [0.4, 0.5) is 5.69 Å². The summed E-state index contributed by atoms with van der Waals surface area (Å²) >= 11 is 0. The van der Waals surface area contributed by atoms with E-state index in [4.69, 9.17) is 11.6 Å². The molecule has 0 bridgehead atoms. The molecule has 0 heterocycles. The van der Waals surface area contributed by atoms with Crippen LogP contribution in [0.15, 0.2) is 139 Å². The molecular formula is C77H105N. The predicted octanol–water partition coefficient (Wildman–Crippen LogP) is 23.9. The number of hydrogen-bond donors (Lipinski definition) is 0. The van der Waals surface area contributed by atoms with Gasteiger partial charge in [-0.25, -0.2) is 4.99 Å². The molecule has 78 heavy (non-hydrogen) atoms. The van der Waals surface area contributed by atoms with Gasteiger partial charge in [0.25, 0.3) is 0 Å². The average molecular weight is 1040 g/mol. The smallest absolute Gasteiger partial charge is 0.0781 e. The van der Waals surface area contributed by atoms with Crippen LogP contribution in [0.3, 0.4) is 0 Å². The van der Waals surface area contributed by atoms with Crippen molar-refractivity contribution in [2.24, 2.45) is 10.9 Å². The second-order valence-electron chi connectivity index (χ2n) is 24.5. The van der Waals surface area contributed by atoms with Crippen LogP contribution in [-0.4, -0.2) is 5.71 Å². The first-order chi connectivity index (χ1) is 37.4. The summed E-state index contributed by atoms with van der Waals surface area (Å²) < 4.78 is 0. The van der Waals surface area contributed by atoms with E-state index >= 15 is 0 Å². The van der Waals surface area contributed by atoms with Gasteiger partial charge in [0.15, 0.2) is 0 Å². The molecule has 1 aliphatic rings.